The lowest BCUT2D eigenvalue weighted by Gasteiger charge is -2.19. The molecule has 0 atom stereocenters. The first kappa shape index (κ1) is 15.9. The van der Waals surface area contributed by atoms with Gasteiger partial charge in [-0.25, -0.2) is 4.39 Å². The van der Waals surface area contributed by atoms with E-state index in [1.807, 2.05) is 0 Å². The molecule has 1 aromatic carbocycles. The summed E-state index contributed by atoms with van der Waals surface area (Å²) in [6, 6.07) is 5.93. The molecule has 0 spiro atoms. The van der Waals surface area contributed by atoms with Crippen molar-refractivity contribution < 1.29 is 14.0 Å². The fourth-order valence-corrected chi connectivity index (χ4v) is 1.76. The summed E-state index contributed by atoms with van der Waals surface area (Å²) in [7, 11) is 0. The van der Waals surface area contributed by atoms with Gasteiger partial charge in [0.2, 0.25) is 11.8 Å². The van der Waals surface area contributed by atoms with Crippen LogP contribution >= 0.6 is 0 Å². The Kier molecular flexibility index (Phi) is 6.43. The van der Waals surface area contributed by atoms with Gasteiger partial charge in [-0.15, -0.1) is 6.58 Å². The van der Waals surface area contributed by atoms with Gasteiger partial charge in [0.15, 0.2) is 0 Å². The average Bonchev–Trinajstić information content (AvgIpc) is 2.37. The van der Waals surface area contributed by atoms with E-state index in [0.29, 0.717) is 25.2 Å². The van der Waals surface area contributed by atoms with E-state index in [-0.39, 0.29) is 24.1 Å². The summed E-state index contributed by atoms with van der Waals surface area (Å²) in [5, 5.41) is 2.70. The van der Waals surface area contributed by atoms with Crippen molar-refractivity contribution in [1.29, 1.82) is 0 Å². The highest BCUT2D eigenvalue weighted by atomic mass is 19.1. The lowest BCUT2D eigenvalue weighted by atomic mass is 10.1. The number of nitrogens with zero attached hydrogens (tertiary/aromatic N) is 1. The zero-order valence-electron chi connectivity index (χ0n) is 11.6. The van der Waals surface area contributed by atoms with Gasteiger partial charge in [0.1, 0.15) is 5.82 Å². The van der Waals surface area contributed by atoms with Crippen molar-refractivity contribution >= 4 is 11.8 Å². The lowest BCUT2D eigenvalue weighted by molar-refractivity contribution is -0.129. The fraction of sp³-hybridized carbons (Fsp3) is 0.333. The number of halogens is 1. The highest BCUT2D eigenvalue weighted by molar-refractivity contribution is 5.78. The summed E-state index contributed by atoms with van der Waals surface area (Å²) in [4.78, 5) is 24.5. The quantitative estimate of drug-likeness (QED) is 0.769. The molecular weight excluding hydrogens is 259 g/mol. The Balaban J connectivity index is 2.36. The first-order valence-corrected chi connectivity index (χ1v) is 6.40. The summed E-state index contributed by atoms with van der Waals surface area (Å²) in [6.45, 7) is 6.29. The van der Waals surface area contributed by atoms with Crippen molar-refractivity contribution in [2.45, 2.75) is 13.3 Å². The predicted octanol–water partition coefficient (Wildman–Crippen LogP) is 1.52. The van der Waals surface area contributed by atoms with E-state index < -0.39 is 0 Å². The van der Waals surface area contributed by atoms with Crippen molar-refractivity contribution in [3.05, 3.63) is 48.3 Å². The zero-order valence-corrected chi connectivity index (χ0v) is 11.6. The summed E-state index contributed by atoms with van der Waals surface area (Å²) < 4.78 is 13.0. The second kappa shape index (κ2) is 8.09. The summed E-state index contributed by atoms with van der Waals surface area (Å²) in [6.07, 6.45) is 1.76. The Hall–Kier alpha value is -2.17. The van der Waals surface area contributed by atoms with Crippen LogP contribution < -0.4 is 5.32 Å². The van der Waals surface area contributed by atoms with Crippen LogP contribution in [0.5, 0.6) is 0 Å². The molecule has 1 N–H and O–H groups in total. The van der Waals surface area contributed by atoms with Crippen molar-refractivity contribution in [2.24, 2.45) is 0 Å². The molecule has 1 rings (SSSR count). The average molecular weight is 278 g/mol. The Morgan fingerprint density at radius 3 is 2.80 bits per heavy atom. The lowest BCUT2D eigenvalue weighted by Crippen LogP contribution is -2.38. The second-order valence-electron chi connectivity index (χ2n) is 4.41. The minimum absolute atomic E-state index is 0.0655. The number of carbonyl (C=O) groups excluding carboxylic acids is 2. The second-order valence-corrected chi connectivity index (χ2v) is 4.41. The number of rotatable bonds is 7. The molecule has 0 fully saturated rings. The van der Waals surface area contributed by atoms with Gasteiger partial charge in [0.25, 0.3) is 0 Å². The third-order valence-corrected chi connectivity index (χ3v) is 2.75. The van der Waals surface area contributed by atoms with Crippen molar-refractivity contribution in [3.8, 4) is 0 Å². The van der Waals surface area contributed by atoms with Gasteiger partial charge < -0.3 is 10.2 Å². The smallest absolute Gasteiger partial charge is 0.224 e. The van der Waals surface area contributed by atoms with E-state index in [1.165, 1.54) is 19.1 Å². The summed E-state index contributed by atoms with van der Waals surface area (Å²) in [5.41, 5.74) is 0.622. The Morgan fingerprint density at radius 1 is 1.45 bits per heavy atom. The standard InChI is InChI=1S/C15H19FN2O2/c1-3-8-18(12(2)19)9-7-17-15(20)11-13-5-4-6-14(16)10-13/h3-6,10H,1,7-9,11H2,2H3,(H,17,20). The largest absolute Gasteiger partial charge is 0.354 e. The van der Waals surface area contributed by atoms with Crippen LogP contribution in [0.2, 0.25) is 0 Å². The number of benzene rings is 1. The molecule has 0 bridgehead atoms. The third-order valence-electron chi connectivity index (χ3n) is 2.75. The Morgan fingerprint density at radius 2 is 2.20 bits per heavy atom. The highest BCUT2D eigenvalue weighted by Gasteiger charge is 2.08. The maximum Gasteiger partial charge on any atom is 0.224 e. The minimum atomic E-state index is -0.357. The van der Waals surface area contributed by atoms with E-state index in [0.717, 1.165) is 0 Å². The van der Waals surface area contributed by atoms with E-state index in [9.17, 15) is 14.0 Å². The first-order valence-electron chi connectivity index (χ1n) is 6.40. The maximum atomic E-state index is 13.0. The molecule has 5 heteroatoms. The van der Waals surface area contributed by atoms with Crippen LogP contribution in [0.1, 0.15) is 12.5 Å². The molecule has 0 heterocycles. The monoisotopic (exact) mass is 278 g/mol. The van der Waals surface area contributed by atoms with E-state index in [1.54, 1.807) is 23.1 Å². The topological polar surface area (TPSA) is 49.4 Å². The van der Waals surface area contributed by atoms with Crippen LogP contribution in [0.15, 0.2) is 36.9 Å². The van der Waals surface area contributed by atoms with E-state index in [4.69, 9.17) is 0 Å². The molecule has 4 nitrogen and oxygen atoms in total. The molecule has 0 saturated carbocycles. The van der Waals surface area contributed by atoms with Crippen molar-refractivity contribution in [3.63, 3.8) is 0 Å². The third kappa shape index (κ3) is 5.65. The highest BCUT2D eigenvalue weighted by Crippen LogP contribution is 2.03. The zero-order chi connectivity index (χ0) is 15.0. The molecule has 0 aromatic heterocycles. The van der Waals surface area contributed by atoms with Crippen LogP contribution in [-0.4, -0.2) is 36.3 Å². The first-order chi connectivity index (χ1) is 9.52. The van der Waals surface area contributed by atoms with Crippen LogP contribution in [-0.2, 0) is 16.0 Å². The molecule has 0 aliphatic rings. The number of nitrogens with one attached hydrogen (secondary N) is 1. The molecule has 1 aromatic rings. The van der Waals surface area contributed by atoms with Gasteiger partial charge in [-0.2, -0.15) is 0 Å². The summed E-state index contributed by atoms with van der Waals surface area (Å²) in [5.74, 6) is -0.619. The predicted molar refractivity (Wildman–Crippen MR) is 75.6 cm³/mol. The number of hydrogen-bond acceptors (Lipinski definition) is 2. The molecule has 0 unspecified atom stereocenters. The van der Waals surface area contributed by atoms with Gasteiger partial charge in [-0.05, 0) is 17.7 Å². The van der Waals surface area contributed by atoms with Gasteiger partial charge in [-0.3, -0.25) is 9.59 Å². The van der Waals surface area contributed by atoms with Crippen LogP contribution in [0.4, 0.5) is 4.39 Å². The van der Waals surface area contributed by atoms with Crippen molar-refractivity contribution in [2.75, 3.05) is 19.6 Å². The molecule has 108 valence electrons. The SMILES string of the molecule is C=CCN(CCNC(=O)Cc1cccc(F)c1)C(C)=O. The minimum Gasteiger partial charge on any atom is -0.354 e. The molecule has 0 saturated heterocycles. The van der Waals surface area contributed by atoms with Crippen molar-refractivity contribution in [1.82, 2.24) is 10.2 Å². The number of carbonyl (C=O) groups is 2. The van der Waals surface area contributed by atoms with Gasteiger partial charge in [0.05, 0.1) is 6.42 Å². The van der Waals surface area contributed by atoms with Gasteiger partial charge >= 0.3 is 0 Å². The molecule has 0 aliphatic heterocycles. The molecular formula is C15H19FN2O2. The number of amides is 2. The van der Waals surface area contributed by atoms with E-state index >= 15 is 0 Å². The number of hydrogen-bond donors (Lipinski definition) is 1. The fourth-order valence-electron chi connectivity index (χ4n) is 1.76. The van der Waals surface area contributed by atoms with Crippen LogP contribution in [0, 0.1) is 5.82 Å². The van der Waals surface area contributed by atoms with Crippen LogP contribution in [0.3, 0.4) is 0 Å². The normalized spacial score (nSPS) is 9.90. The van der Waals surface area contributed by atoms with E-state index in [2.05, 4.69) is 11.9 Å². The molecule has 20 heavy (non-hydrogen) atoms. The van der Waals surface area contributed by atoms with Gasteiger partial charge in [-0.1, -0.05) is 18.2 Å². The maximum absolute atomic E-state index is 13.0. The van der Waals surface area contributed by atoms with Crippen LogP contribution in [0.25, 0.3) is 0 Å². The Labute approximate surface area is 118 Å². The molecule has 0 aliphatic carbocycles. The molecule has 2 amide bonds. The summed E-state index contributed by atoms with van der Waals surface area (Å²) >= 11 is 0. The Bertz CT molecular complexity index is 489. The molecule has 0 radical (unpaired) electrons. The van der Waals surface area contributed by atoms with Gasteiger partial charge in [0, 0.05) is 26.6 Å².